The van der Waals surface area contributed by atoms with E-state index in [2.05, 4.69) is 10.4 Å². The number of alkyl halides is 3. The molecule has 2 heterocycles. The molecule has 5 aromatic rings. The van der Waals surface area contributed by atoms with Gasteiger partial charge < -0.3 is 20.7 Å². The Bertz CT molecular complexity index is 1710. The number of nitrogens with one attached hydrogen (secondary N) is 1. The third-order valence-corrected chi connectivity index (χ3v) is 6.42. The fourth-order valence-electron chi connectivity index (χ4n) is 4.58. The number of nitrogens with zero attached hydrogens (tertiary/aromatic N) is 3. The van der Waals surface area contributed by atoms with Crippen molar-refractivity contribution in [1.29, 1.82) is 0 Å². The van der Waals surface area contributed by atoms with Gasteiger partial charge in [-0.2, -0.15) is 18.3 Å². The molecule has 3 aromatic carbocycles. The second-order valence-electron chi connectivity index (χ2n) is 8.95. The van der Waals surface area contributed by atoms with E-state index in [1.54, 1.807) is 6.07 Å². The number of amides is 2. The van der Waals surface area contributed by atoms with Crippen LogP contribution in [0.1, 0.15) is 11.1 Å². The topological polar surface area (TPSA) is 115 Å². The van der Waals surface area contributed by atoms with Gasteiger partial charge in [0.2, 0.25) is 17.4 Å². The number of hydrogen-bond donors (Lipinski definition) is 3. The van der Waals surface area contributed by atoms with Crippen molar-refractivity contribution in [3.63, 3.8) is 0 Å². The van der Waals surface area contributed by atoms with Gasteiger partial charge in [-0.25, -0.2) is 9.07 Å². The van der Waals surface area contributed by atoms with Crippen LogP contribution in [0.4, 0.5) is 17.6 Å². The molecule has 0 aliphatic carbocycles. The van der Waals surface area contributed by atoms with Gasteiger partial charge in [0, 0.05) is 28.0 Å². The first kappa shape index (κ1) is 25.9. The molecule has 200 valence electrons. The summed E-state index contributed by atoms with van der Waals surface area (Å²) in [4.78, 5) is 23.3. The van der Waals surface area contributed by atoms with E-state index in [-0.39, 0.29) is 10.9 Å². The highest BCUT2D eigenvalue weighted by atomic mass is 19.4. The predicted molar refractivity (Wildman–Crippen MR) is 134 cm³/mol. The molecule has 2 aromatic heterocycles. The third kappa shape index (κ3) is 4.59. The SMILES string of the molecule is NC(=O)CNC(=O)Cn1cc(C(O)(c2ccc3c(cnn3-c3ccc(F)cc3)c2)C(F)(F)F)c2ccccc21. The summed E-state index contributed by atoms with van der Waals surface area (Å²) < 4.78 is 60.3. The molecule has 0 saturated heterocycles. The van der Waals surface area contributed by atoms with Crippen LogP contribution in [0.2, 0.25) is 0 Å². The van der Waals surface area contributed by atoms with Crippen LogP contribution in [0, 0.1) is 5.82 Å². The second kappa shape index (κ2) is 9.55. The molecular formula is C27H21F4N5O3. The number of primary amides is 1. The lowest BCUT2D eigenvalue weighted by molar-refractivity contribution is -0.247. The van der Waals surface area contributed by atoms with Crippen molar-refractivity contribution < 1.29 is 32.3 Å². The summed E-state index contributed by atoms with van der Waals surface area (Å²) in [5.74, 6) is -1.87. The summed E-state index contributed by atoms with van der Waals surface area (Å²) in [6.07, 6.45) is -2.73. The van der Waals surface area contributed by atoms with E-state index < -0.39 is 53.6 Å². The van der Waals surface area contributed by atoms with Crippen LogP contribution in [0.15, 0.2) is 79.1 Å². The van der Waals surface area contributed by atoms with Crippen LogP contribution in [-0.4, -0.2) is 44.0 Å². The van der Waals surface area contributed by atoms with Crippen LogP contribution >= 0.6 is 0 Å². The highest BCUT2D eigenvalue weighted by Crippen LogP contribution is 2.47. The number of para-hydroxylation sites is 1. The van der Waals surface area contributed by atoms with Crippen LogP contribution in [0.25, 0.3) is 27.5 Å². The molecule has 0 aliphatic rings. The smallest absolute Gasteiger partial charge is 0.372 e. The Kier molecular flexibility index (Phi) is 6.35. The van der Waals surface area contributed by atoms with E-state index in [4.69, 9.17) is 5.73 Å². The molecule has 8 nitrogen and oxygen atoms in total. The summed E-state index contributed by atoms with van der Waals surface area (Å²) >= 11 is 0. The lowest BCUT2D eigenvalue weighted by Gasteiger charge is -2.31. The molecule has 0 radical (unpaired) electrons. The van der Waals surface area contributed by atoms with Crippen molar-refractivity contribution in [2.75, 3.05) is 6.54 Å². The zero-order valence-electron chi connectivity index (χ0n) is 20.1. The van der Waals surface area contributed by atoms with Gasteiger partial charge >= 0.3 is 6.18 Å². The number of carbonyl (C=O) groups is 2. The first-order chi connectivity index (χ1) is 18.5. The van der Waals surface area contributed by atoms with E-state index in [0.29, 0.717) is 16.6 Å². The van der Waals surface area contributed by atoms with Gasteiger partial charge in [-0.05, 0) is 48.0 Å². The largest absolute Gasteiger partial charge is 0.425 e. The van der Waals surface area contributed by atoms with Gasteiger partial charge in [0.15, 0.2) is 0 Å². The molecule has 1 unspecified atom stereocenters. The zero-order chi connectivity index (χ0) is 27.9. The fourth-order valence-corrected chi connectivity index (χ4v) is 4.58. The average Bonchev–Trinajstić information content (AvgIpc) is 3.48. The van der Waals surface area contributed by atoms with E-state index in [1.165, 1.54) is 70.0 Å². The molecular weight excluding hydrogens is 518 g/mol. The lowest BCUT2D eigenvalue weighted by Crippen LogP contribution is -2.43. The predicted octanol–water partition coefficient (Wildman–Crippen LogP) is 3.52. The molecule has 0 bridgehead atoms. The number of rotatable bonds is 7. The molecule has 12 heteroatoms. The average molecular weight is 539 g/mol. The molecule has 0 aliphatic heterocycles. The molecule has 2 amide bonds. The van der Waals surface area contributed by atoms with Crippen LogP contribution < -0.4 is 11.1 Å². The number of nitrogens with two attached hydrogens (primary N) is 1. The highest BCUT2D eigenvalue weighted by molar-refractivity contribution is 5.89. The van der Waals surface area contributed by atoms with Gasteiger partial charge in [0.1, 0.15) is 12.4 Å². The first-order valence-electron chi connectivity index (χ1n) is 11.7. The van der Waals surface area contributed by atoms with Crippen molar-refractivity contribution in [2.45, 2.75) is 18.3 Å². The Morgan fingerprint density at radius 2 is 1.72 bits per heavy atom. The van der Waals surface area contributed by atoms with Gasteiger partial charge in [-0.1, -0.05) is 24.3 Å². The van der Waals surface area contributed by atoms with Crippen molar-refractivity contribution in [3.05, 3.63) is 96.1 Å². The Balaban J connectivity index is 1.62. The number of aromatic nitrogens is 3. The summed E-state index contributed by atoms with van der Waals surface area (Å²) in [5.41, 5.74) is 1.88. The van der Waals surface area contributed by atoms with Crippen molar-refractivity contribution in [1.82, 2.24) is 19.7 Å². The molecule has 39 heavy (non-hydrogen) atoms. The van der Waals surface area contributed by atoms with Gasteiger partial charge in [-0.15, -0.1) is 0 Å². The number of benzene rings is 3. The maximum Gasteiger partial charge on any atom is 0.425 e. The summed E-state index contributed by atoms with van der Waals surface area (Å²) in [6.45, 7) is -0.839. The van der Waals surface area contributed by atoms with Crippen LogP contribution in [-0.2, 0) is 21.7 Å². The maximum absolute atomic E-state index is 14.7. The van der Waals surface area contributed by atoms with E-state index in [9.17, 15) is 32.3 Å². The minimum Gasteiger partial charge on any atom is -0.372 e. The lowest BCUT2D eigenvalue weighted by atomic mass is 9.85. The van der Waals surface area contributed by atoms with E-state index in [1.807, 2.05) is 0 Å². The van der Waals surface area contributed by atoms with Gasteiger partial charge in [0.05, 0.1) is 23.9 Å². The van der Waals surface area contributed by atoms with Gasteiger partial charge in [-0.3, -0.25) is 9.59 Å². The second-order valence-corrected chi connectivity index (χ2v) is 8.95. The Hall–Kier alpha value is -4.71. The molecule has 1 atom stereocenters. The standard InChI is InChI=1S/C27H21F4N5O3/c28-18-6-8-19(9-7-18)36-22-10-5-17(11-16(22)12-34-36)26(39,27(29,30)31)21-14-35(15-25(38)33-13-24(32)37)23-4-2-1-3-20(21)23/h1-12,14,39H,13,15H2,(H2,32,37)(H,33,38). The monoisotopic (exact) mass is 539 g/mol. The zero-order valence-corrected chi connectivity index (χ0v) is 20.1. The normalized spacial score (nSPS) is 13.5. The van der Waals surface area contributed by atoms with Crippen molar-refractivity contribution >= 4 is 33.6 Å². The summed E-state index contributed by atoms with van der Waals surface area (Å²) in [6, 6.07) is 15.2. The number of fused-ring (bicyclic) bond motifs is 2. The molecule has 0 fully saturated rings. The Morgan fingerprint density at radius 1 is 1.00 bits per heavy atom. The number of hydrogen-bond acceptors (Lipinski definition) is 4. The third-order valence-electron chi connectivity index (χ3n) is 6.42. The summed E-state index contributed by atoms with van der Waals surface area (Å²) in [5, 5.41) is 18.4. The van der Waals surface area contributed by atoms with Crippen LogP contribution in [0.5, 0.6) is 0 Å². The number of carbonyl (C=O) groups excluding carboxylic acids is 2. The highest BCUT2D eigenvalue weighted by Gasteiger charge is 2.57. The molecule has 5 rings (SSSR count). The van der Waals surface area contributed by atoms with E-state index >= 15 is 0 Å². The number of halogens is 4. The van der Waals surface area contributed by atoms with Crippen LogP contribution in [0.3, 0.4) is 0 Å². The molecule has 4 N–H and O–H groups in total. The maximum atomic E-state index is 14.7. The number of aliphatic hydroxyl groups is 1. The quantitative estimate of drug-likeness (QED) is 0.275. The summed E-state index contributed by atoms with van der Waals surface area (Å²) in [7, 11) is 0. The molecule has 0 saturated carbocycles. The molecule has 0 spiro atoms. The van der Waals surface area contributed by atoms with Crippen molar-refractivity contribution in [2.24, 2.45) is 5.73 Å². The minimum atomic E-state index is -5.16. The Morgan fingerprint density at radius 3 is 2.41 bits per heavy atom. The van der Waals surface area contributed by atoms with Gasteiger partial charge in [0.25, 0.3) is 0 Å². The van der Waals surface area contributed by atoms with E-state index in [0.717, 1.165) is 12.3 Å². The Labute approximate surface area is 218 Å². The first-order valence-corrected chi connectivity index (χ1v) is 11.7. The van der Waals surface area contributed by atoms with Crippen molar-refractivity contribution in [3.8, 4) is 5.69 Å². The minimum absolute atomic E-state index is 0.0853. The fraction of sp³-hybridized carbons (Fsp3) is 0.148.